The van der Waals surface area contributed by atoms with Crippen molar-refractivity contribution in [3.8, 4) is 17.2 Å². The second-order valence-electron chi connectivity index (χ2n) is 8.61. The highest BCUT2D eigenvalue weighted by Gasteiger charge is 2.48. The van der Waals surface area contributed by atoms with Gasteiger partial charge < -0.3 is 24.7 Å². The first-order chi connectivity index (χ1) is 17.8. The van der Waals surface area contributed by atoms with Crippen LogP contribution in [0.1, 0.15) is 29.7 Å². The van der Waals surface area contributed by atoms with Gasteiger partial charge in [-0.2, -0.15) is 0 Å². The molecule has 4 aromatic rings. The lowest BCUT2D eigenvalue weighted by molar-refractivity contribution is -0.132. The van der Waals surface area contributed by atoms with Crippen molar-refractivity contribution in [1.29, 1.82) is 0 Å². The number of benzene rings is 3. The normalized spacial score (nSPS) is 16.9. The van der Waals surface area contributed by atoms with Gasteiger partial charge >= 0.3 is 5.91 Å². The van der Waals surface area contributed by atoms with E-state index < -0.39 is 17.7 Å². The van der Waals surface area contributed by atoms with Crippen LogP contribution in [0.4, 0.5) is 5.95 Å². The van der Waals surface area contributed by atoms with Gasteiger partial charge in [0.1, 0.15) is 11.5 Å². The van der Waals surface area contributed by atoms with Crippen molar-refractivity contribution in [1.82, 2.24) is 9.97 Å². The lowest BCUT2D eigenvalue weighted by Gasteiger charge is -2.24. The first-order valence-corrected chi connectivity index (χ1v) is 11.7. The fraction of sp³-hybridized carbons (Fsp3) is 0.179. The Balaban J connectivity index is 1.76. The number of phenolic OH excluding ortho intramolecular Hbond substituents is 1. The molecule has 1 saturated heterocycles. The van der Waals surface area contributed by atoms with E-state index in [2.05, 4.69) is 9.97 Å². The number of hydrogen-bond donors (Lipinski definition) is 3. The molecule has 9 heteroatoms. The molecule has 0 radical (unpaired) electrons. The van der Waals surface area contributed by atoms with Gasteiger partial charge in [-0.3, -0.25) is 14.5 Å². The van der Waals surface area contributed by atoms with Crippen LogP contribution in [0.15, 0.2) is 66.2 Å². The molecule has 37 heavy (non-hydrogen) atoms. The minimum absolute atomic E-state index is 0.0912. The smallest absolute Gasteiger partial charge is 0.302 e. The number of rotatable bonds is 6. The van der Waals surface area contributed by atoms with Crippen LogP contribution in [-0.2, 0) is 9.59 Å². The number of anilines is 1. The molecule has 1 aliphatic rings. The molecule has 0 spiro atoms. The lowest BCUT2D eigenvalue weighted by atomic mass is 9.94. The van der Waals surface area contributed by atoms with Crippen molar-refractivity contribution in [2.45, 2.75) is 19.9 Å². The van der Waals surface area contributed by atoms with E-state index in [0.717, 1.165) is 5.56 Å². The number of carbonyl (C=O) groups excluding carboxylic acids is 2. The van der Waals surface area contributed by atoms with Gasteiger partial charge in [0.2, 0.25) is 5.95 Å². The average molecular weight is 500 g/mol. The van der Waals surface area contributed by atoms with E-state index in [0.29, 0.717) is 29.0 Å². The summed E-state index contributed by atoms with van der Waals surface area (Å²) in [6, 6.07) is 15.8. The number of fused-ring (bicyclic) bond motifs is 1. The maximum atomic E-state index is 13.5. The predicted molar refractivity (Wildman–Crippen MR) is 138 cm³/mol. The van der Waals surface area contributed by atoms with Crippen molar-refractivity contribution >= 4 is 34.4 Å². The van der Waals surface area contributed by atoms with Crippen molar-refractivity contribution in [3.63, 3.8) is 0 Å². The second kappa shape index (κ2) is 9.34. The highest BCUT2D eigenvalue weighted by molar-refractivity contribution is 6.51. The summed E-state index contributed by atoms with van der Waals surface area (Å²) in [4.78, 5) is 35.9. The van der Waals surface area contributed by atoms with Gasteiger partial charge in [-0.15, -0.1) is 0 Å². The molecule has 1 amide bonds. The Morgan fingerprint density at radius 1 is 1.08 bits per heavy atom. The van der Waals surface area contributed by atoms with Crippen molar-refractivity contribution in [3.05, 3.63) is 82.9 Å². The number of aromatic amines is 1. The number of aryl methyl sites for hydroxylation is 1. The van der Waals surface area contributed by atoms with Crippen molar-refractivity contribution < 1.29 is 29.3 Å². The predicted octanol–water partition coefficient (Wildman–Crippen LogP) is 4.61. The Kier molecular flexibility index (Phi) is 6.04. The molecule has 3 aromatic carbocycles. The van der Waals surface area contributed by atoms with Gasteiger partial charge in [0.05, 0.1) is 41.9 Å². The summed E-state index contributed by atoms with van der Waals surface area (Å²) >= 11 is 0. The number of ketones is 1. The molecule has 1 fully saturated rings. The molecule has 1 atom stereocenters. The van der Waals surface area contributed by atoms with Crippen LogP contribution in [0.3, 0.4) is 0 Å². The highest BCUT2D eigenvalue weighted by atomic mass is 16.5. The number of para-hydroxylation sites is 1. The van der Waals surface area contributed by atoms with Crippen LogP contribution in [0, 0.1) is 6.92 Å². The first kappa shape index (κ1) is 23.9. The van der Waals surface area contributed by atoms with E-state index in [1.165, 1.54) is 18.1 Å². The van der Waals surface area contributed by atoms with E-state index in [4.69, 9.17) is 9.47 Å². The van der Waals surface area contributed by atoms with Gasteiger partial charge in [0.25, 0.3) is 5.78 Å². The minimum atomic E-state index is -1.06. The highest BCUT2D eigenvalue weighted by Crippen LogP contribution is 2.44. The number of Topliss-reactive ketones (excluding diaryl/α,β-unsaturated/α-hetero) is 1. The Bertz CT molecular complexity index is 1570. The number of nitrogens with zero attached hydrogens (tertiary/aromatic N) is 2. The maximum Gasteiger partial charge on any atom is 0.302 e. The third-order valence-electron chi connectivity index (χ3n) is 6.26. The van der Waals surface area contributed by atoms with Crippen LogP contribution < -0.4 is 14.4 Å². The molecule has 0 bridgehead atoms. The fourth-order valence-electron chi connectivity index (χ4n) is 4.55. The number of ether oxygens (including phenoxy) is 2. The first-order valence-electron chi connectivity index (χ1n) is 11.7. The van der Waals surface area contributed by atoms with Crippen LogP contribution in [0.25, 0.3) is 16.8 Å². The number of aromatic hydroxyl groups is 1. The lowest BCUT2D eigenvalue weighted by Crippen LogP contribution is -2.30. The molecule has 0 saturated carbocycles. The van der Waals surface area contributed by atoms with Crippen LogP contribution >= 0.6 is 0 Å². The second-order valence-corrected chi connectivity index (χ2v) is 8.61. The molecule has 188 valence electrons. The summed E-state index contributed by atoms with van der Waals surface area (Å²) in [7, 11) is 1.45. The largest absolute Gasteiger partial charge is 0.507 e. The standard InChI is InChI=1S/C28H25N3O6/c1-4-37-22-14-16(10-12-20(22)32)24-23(25(33)17-7-5-6-8-21(17)36-3)26(34)27(35)31(24)28-29-18-11-9-15(2)13-19(18)30-28/h5-14,24,32-33H,4H2,1-3H3,(H,29,30)/b25-23+. The molecule has 1 unspecified atom stereocenters. The zero-order valence-electron chi connectivity index (χ0n) is 20.5. The number of hydrogen-bond acceptors (Lipinski definition) is 7. The molecule has 9 nitrogen and oxygen atoms in total. The van der Waals surface area contributed by atoms with Gasteiger partial charge in [0.15, 0.2) is 11.5 Å². The van der Waals surface area contributed by atoms with Crippen LogP contribution in [0.2, 0.25) is 0 Å². The number of aromatic nitrogens is 2. The summed E-state index contributed by atoms with van der Waals surface area (Å²) in [6.45, 7) is 4.00. The number of aliphatic hydroxyl groups is 1. The molecule has 1 aromatic heterocycles. The van der Waals surface area contributed by atoms with Crippen molar-refractivity contribution in [2.75, 3.05) is 18.6 Å². The minimum Gasteiger partial charge on any atom is -0.507 e. The number of methoxy groups -OCH3 is 1. The Labute approximate surface area is 212 Å². The Morgan fingerprint density at radius 2 is 1.86 bits per heavy atom. The van der Waals surface area contributed by atoms with Gasteiger partial charge in [-0.05, 0) is 61.4 Å². The zero-order chi connectivity index (χ0) is 26.3. The van der Waals surface area contributed by atoms with E-state index in [-0.39, 0.29) is 34.3 Å². The van der Waals surface area contributed by atoms with Crippen molar-refractivity contribution in [2.24, 2.45) is 0 Å². The topological polar surface area (TPSA) is 125 Å². The van der Waals surface area contributed by atoms with E-state index >= 15 is 0 Å². The zero-order valence-corrected chi connectivity index (χ0v) is 20.5. The van der Waals surface area contributed by atoms with Gasteiger partial charge in [-0.25, -0.2) is 4.98 Å². The molecule has 2 heterocycles. The molecule has 5 rings (SSSR count). The average Bonchev–Trinajstić information content (AvgIpc) is 3.42. The van der Waals surface area contributed by atoms with Crippen LogP contribution in [-0.4, -0.2) is 45.6 Å². The summed E-state index contributed by atoms with van der Waals surface area (Å²) in [5.74, 6) is -1.54. The van der Waals surface area contributed by atoms with E-state index in [1.54, 1.807) is 43.3 Å². The summed E-state index contributed by atoms with van der Waals surface area (Å²) in [5.41, 5.74) is 2.87. The number of imidazole rings is 1. The van der Waals surface area contributed by atoms with E-state index in [1.807, 2.05) is 25.1 Å². The molecule has 3 N–H and O–H groups in total. The monoisotopic (exact) mass is 499 g/mol. The van der Waals surface area contributed by atoms with E-state index in [9.17, 15) is 19.8 Å². The third-order valence-corrected chi connectivity index (χ3v) is 6.26. The number of phenols is 1. The maximum absolute atomic E-state index is 13.5. The Morgan fingerprint density at radius 3 is 2.62 bits per heavy atom. The quantitative estimate of drug-likeness (QED) is 0.201. The van der Waals surface area contributed by atoms with Gasteiger partial charge in [-0.1, -0.05) is 24.3 Å². The number of amides is 1. The Hall–Kier alpha value is -4.79. The third kappa shape index (κ3) is 4.04. The molecule has 1 aliphatic heterocycles. The number of aliphatic hydroxyl groups excluding tert-OH is 1. The molecule has 0 aliphatic carbocycles. The summed E-state index contributed by atoms with van der Waals surface area (Å²) < 4.78 is 10.9. The number of H-pyrrole nitrogens is 1. The van der Waals surface area contributed by atoms with Gasteiger partial charge in [0, 0.05) is 0 Å². The summed E-state index contributed by atoms with van der Waals surface area (Å²) in [5, 5.41) is 21.7. The SMILES string of the molecule is CCOc1cc(C2/C(=C(\O)c3ccccc3OC)C(=O)C(=O)N2c2nc3ccc(C)cc3[nH]2)ccc1O. The molecular formula is C28H25N3O6. The number of nitrogens with one attached hydrogen (secondary N) is 1. The number of carbonyl (C=O) groups is 2. The molecular weight excluding hydrogens is 474 g/mol. The van der Waals surface area contributed by atoms with Crippen LogP contribution in [0.5, 0.6) is 17.2 Å². The fourth-order valence-corrected chi connectivity index (χ4v) is 4.55. The summed E-state index contributed by atoms with van der Waals surface area (Å²) in [6.07, 6.45) is 0.